The number of benzene rings is 1. The quantitative estimate of drug-likeness (QED) is 0.731. The SMILES string of the molecule is Cc1c(CC=O)cc2c3c1CCC3(C)CCC2(C)C. The molecule has 1 unspecified atom stereocenters. The summed E-state index contributed by atoms with van der Waals surface area (Å²) in [6, 6.07) is 2.34. The predicted octanol–water partition coefficient (Wildman–Crippen LogP) is 4.01. The van der Waals surface area contributed by atoms with E-state index in [-0.39, 0.29) is 5.41 Å². The molecule has 1 aromatic rings. The van der Waals surface area contributed by atoms with Crippen molar-refractivity contribution in [3.8, 4) is 0 Å². The van der Waals surface area contributed by atoms with Crippen LogP contribution in [0.4, 0.5) is 0 Å². The maximum absolute atomic E-state index is 10.9. The average molecular weight is 256 g/mol. The van der Waals surface area contributed by atoms with Gasteiger partial charge in [-0.1, -0.05) is 26.8 Å². The van der Waals surface area contributed by atoms with Crippen molar-refractivity contribution in [2.24, 2.45) is 0 Å². The number of carbonyl (C=O) groups excluding carboxylic acids is 1. The lowest BCUT2D eigenvalue weighted by molar-refractivity contribution is -0.107. The number of hydrogen-bond acceptors (Lipinski definition) is 1. The molecule has 3 rings (SSSR count). The average Bonchev–Trinajstić information content (AvgIpc) is 2.70. The highest BCUT2D eigenvalue weighted by atomic mass is 16.1. The van der Waals surface area contributed by atoms with Crippen molar-refractivity contribution in [3.05, 3.63) is 33.9 Å². The maximum Gasteiger partial charge on any atom is 0.124 e. The van der Waals surface area contributed by atoms with Crippen LogP contribution in [-0.2, 0) is 28.5 Å². The fraction of sp³-hybridized carbons (Fsp3) is 0.611. The molecule has 0 aliphatic heterocycles. The van der Waals surface area contributed by atoms with Crippen LogP contribution in [-0.4, -0.2) is 6.29 Å². The Bertz CT molecular complexity index is 553. The molecule has 2 aliphatic carbocycles. The molecule has 2 aliphatic rings. The molecule has 0 saturated carbocycles. The van der Waals surface area contributed by atoms with Gasteiger partial charge in [0.05, 0.1) is 0 Å². The second kappa shape index (κ2) is 3.94. The normalized spacial score (nSPS) is 27.2. The molecule has 0 aromatic heterocycles. The highest BCUT2D eigenvalue weighted by Gasteiger charge is 2.45. The van der Waals surface area contributed by atoms with Crippen LogP contribution in [0.15, 0.2) is 6.07 Å². The number of aldehydes is 1. The van der Waals surface area contributed by atoms with Gasteiger partial charge in [0.2, 0.25) is 0 Å². The van der Waals surface area contributed by atoms with Crippen LogP contribution >= 0.6 is 0 Å². The molecular formula is C18H24O. The molecule has 0 bridgehead atoms. The maximum atomic E-state index is 10.9. The third kappa shape index (κ3) is 1.70. The molecular weight excluding hydrogens is 232 g/mol. The summed E-state index contributed by atoms with van der Waals surface area (Å²) in [7, 11) is 0. The van der Waals surface area contributed by atoms with E-state index in [0.29, 0.717) is 11.8 Å². The monoisotopic (exact) mass is 256 g/mol. The second-order valence-electron chi connectivity index (χ2n) is 7.38. The Labute approximate surface area is 116 Å². The number of rotatable bonds is 2. The summed E-state index contributed by atoms with van der Waals surface area (Å²) in [6.45, 7) is 9.37. The van der Waals surface area contributed by atoms with Gasteiger partial charge in [0.1, 0.15) is 6.29 Å². The first-order valence-corrected chi connectivity index (χ1v) is 7.49. The predicted molar refractivity (Wildman–Crippen MR) is 78.9 cm³/mol. The van der Waals surface area contributed by atoms with Gasteiger partial charge in [-0.25, -0.2) is 0 Å². The van der Waals surface area contributed by atoms with E-state index >= 15 is 0 Å². The van der Waals surface area contributed by atoms with E-state index in [9.17, 15) is 4.79 Å². The Kier molecular flexibility index (Phi) is 2.68. The van der Waals surface area contributed by atoms with Gasteiger partial charge < -0.3 is 4.79 Å². The van der Waals surface area contributed by atoms with E-state index in [0.717, 1.165) is 6.29 Å². The largest absolute Gasteiger partial charge is 0.303 e. The van der Waals surface area contributed by atoms with E-state index in [1.54, 1.807) is 11.1 Å². The zero-order chi connectivity index (χ0) is 13.8. The van der Waals surface area contributed by atoms with Crippen molar-refractivity contribution in [2.75, 3.05) is 0 Å². The third-order valence-electron chi connectivity index (χ3n) is 5.69. The van der Waals surface area contributed by atoms with Gasteiger partial charge in [-0.05, 0) is 71.3 Å². The van der Waals surface area contributed by atoms with Crippen LogP contribution in [0, 0.1) is 6.92 Å². The van der Waals surface area contributed by atoms with Crippen LogP contribution in [0.2, 0.25) is 0 Å². The van der Waals surface area contributed by atoms with Crippen molar-refractivity contribution < 1.29 is 4.79 Å². The fourth-order valence-electron chi connectivity index (χ4n) is 4.23. The lowest BCUT2D eigenvalue weighted by Crippen LogP contribution is -2.34. The van der Waals surface area contributed by atoms with Crippen molar-refractivity contribution in [1.29, 1.82) is 0 Å². The standard InChI is InChI=1S/C18H24O/c1-12-13(6-10-19)11-15-16-14(12)5-7-18(16,4)9-8-17(15,2)3/h10-11H,5-9H2,1-4H3. The highest BCUT2D eigenvalue weighted by Crippen LogP contribution is 2.54. The van der Waals surface area contributed by atoms with Gasteiger partial charge in [-0.2, -0.15) is 0 Å². The lowest BCUT2D eigenvalue weighted by Gasteiger charge is -2.42. The molecule has 0 fully saturated rings. The molecule has 102 valence electrons. The summed E-state index contributed by atoms with van der Waals surface area (Å²) in [5.41, 5.74) is 8.01. The minimum Gasteiger partial charge on any atom is -0.303 e. The molecule has 0 spiro atoms. The lowest BCUT2D eigenvalue weighted by atomic mass is 9.62. The molecule has 1 nitrogen and oxygen atoms in total. The van der Waals surface area contributed by atoms with Crippen molar-refractivity contribution >= 4 is 6.29 Å². The van der Waals surface area contributed by atoms with Crippen molar-refractivity contribution in [2.45, 2.75) is 70.6 Å². The van der Waals surface area contributed by atoms with Crippen molar-refractivity contribution in [1.82, 2.24) is 0 Å². The minimum atomic E-state index is 0.263. The summed E-state index contributed by atoms with van der Waals surface area (Å²) in [4.78, 5) is 10.9. The molecule has 1 aromatic carbocycles. The summed E-state index contributed by atoms with van der Waals surface area (Å²) in [6.07, 6.45) is 6.68. The van der Waals surface area contributed by atoms with Crippen LogP contribution in [0.1, 0.15) is 67.9 Å². The molecule has 0 amide bonds. The van der Waals surface area contributed by atoms with E-state index in [2.05, 4.69) is 33.8 Å². The van der Waals surface area contributed by atoms with Crippen LogP contribution in [0.25, 0.3) is 0 Å². The second-order valence-corrected chi connectivity index (χ2v) is 7.38. The first-order chi connectivity index (χ1) is 8.89. The first-order valence-electron chi connectivity index (χ1n) is 7.49. The molecule has 0 saturated heterocycles. The highest BCUT2D eigenvalue weighted by molar-refractivity contribution is 5.62. The molecule has 0 N–H and O–H groups in total. The van der Waals surface area contributed by atoms with Gasteiger partial charge in [-0.15, -0.1) is 0 Å². The summed E-state index contributed by atoms with van der Waals surface area (Å²) in [5, 5.41) is 0. The van der Waals surface area contributed by atoms with Crippen LogP contribution < -0.4 is 0 Å². The Hall–Kier alpha value is -1.11. The topological polar surface area (TPSA) is 17.1 Å². The van der Waals surface area contributed by atoms with E-state index in [1.807, 2.05) is 0 Å². The minimum absolute atomic E-state index is 0.263. The number of carbonyl (C=O) groups is 1. The van der Waals surface area contributed by atoms with Crippen LogP contribution in [0.3, 0.4) is 0 Å². The van der Waals surface area contributed by atoms with E-state index in [4.69, 9.17) is 0 Å². The molecule has 1 atom stereocenters. The molecule has 0 heterocycles. The van der Waals surface area contributed by atoms with Gasteiger partial charge in [0, 0.05) is 6.42 Å². The third-order valence-corrected chi connectivity index (χ3v) is 5.69. The smallest absolute Gasteiger partial charge is 0.124 e. The molecule has 1 heteroatoms. The number of hydrogen-bond donors (Lipinski definition) is 0. The summed E-state index contributed by atoms with van der Waals surface area (Å²) < 4.78 is 0. The fourth-order valence-corrected chi connectivity index (χ4v) is 4.23. The summed E-state index contributed by atoms with van der Waals surface area (Å²) in [5.74, 6) is 0. The van der Waals surface area contributed by atoms with Gasteiger partial charge in [0.25, 0.3) is 0 Å². The van der Waals surface area contributed by atoms with E-state index < -0.39 is 0 Å². The van der Waals surface area contributed by atoms with Gasteiger partial charge in [0.15, 0.2) is 0 Å². The van der Waals surface area contributed by atoms with Gasteiger partial charge >= 0.3 is 0 Å². The van der Waals surface area contributed by atoms with Crippen molar-refractivity contribution in [3.63, 3.8) is 0 Å². The Morgan fingerprint density at radius 1 is 1.21 bits per heavy atom. The Morgan fingerprint density at radius 3 is 2.63 bits per heavy atom. The van der Waals surface area contributed by atoms with Gasteiger partial charge in [-0.3, -0.25) is 0 Å². The Balaban J connectivity index is 2.30. The molecule has 19 heavy (non-hydrogen) atoms. The Morgan fingerprint density at radius 2 is 1.95 bits per heavy atom. The summed E-state index contributed by atoms with van der Waals surface area (Å²) >= 11 is 0. The van der Waals surface area contributed by atoms with E-state index in [1.165, 1.54) is 42.4 Å². The first kappa shape index (κ1) is 12.9. The zero-order valence-corrected chi connectivity index (χ0v) is 12.6. The molecule has 0 radical (unpaired) electrons. The van der Waals surface area contributed by atoms with Crippen LogP contribution in [0.5, 0.6) is 0 Å². The zero-order valence-electron chi connectivity index (χ0n) is 12.6.